The van der Waals surface area contributed by atoms with E-state index in [-0.39, 0.29) is 6.04 Å². The summed E-state index contributed by atoms with van der Waals surface area (Å²) >= 11 is 0. The Morgan fingerprint density at radius 1 is 1.38 bits per heavy atom. The highest BCUT2D eigenvalue weighted by atomic mass is 16.3. The van der Waals surface area contributed by atoms with Crippen molar-refractivity contribution in [2.75, 3.05) is 19.6 Å². The van der Waals surface area contributed by atoms with E-state index in [1.165, 1.54) is 32.4 Å². The van der Waals surface area contributed by atoms with E-state index in [0.29, 0.717) is 6.04 Å². The third-order valence-electron chi connectivity index (χ3n) is 3.59. The Hall–Kier alpha value is -0.560. The number of rotatable bonds is 3. The first-order valence-electron chi connectivity index (χ1n) is 6.38. The van der Waals surface area contributed by atoms with Gasteiger partial charge in [-0.15, -0.1) is 5.92 Å². The number of hydrogen-bond donors (Lipinski definition) is 2. The van der Waals surface area contributed by atoms with Crippen molar-refractivity contribution in [3.05, 3.63) is 0 Å². The van der Waals surface area contributed by atoms with Crippen molar-refractivity contribution in [2.24, 2.45) is 0 Å². The van der Waals surface area contributed by atoms with Gasteiger partial charge in [-0.1, -0.05) is 12.3 Å². The largest absolute Gasteiger partial charge is 0.379 e. The van der Waals surface area contributed by atoms with Crippen LogP contribution in [0.2, 0.25) is 0 Å². The number of piperidine rings is 1. The van der Waals surface area contributed by atoms with Crippen LogP contribution in [-0.4, -0.2) is 47.8 Å². The van der Waals surface area contributed by atoms with Gasteiger partial charge in [0.05, 0.1) is 0 Å². The molecule has 0 radical (unpaired) electrons. The second-order valence-electron chi connectivity index (χ2n) is 4.91. The first-order chi connectivity index (χ1) is 7.79. The van der Waals surface area contributed by atoms with Gasteiger partial charge in [-0.05, 0) is 39.3 Å². The highest BCUT2D eigenvalue weighted by Crippen LogP contribution is 2.18. The van der Waals surface area contributed by atoms with Crippen LogP contribution in [0.4, 0.5) is 0 Å². The fourth-order valence-electron chi connectivity index (χ4n) is 2.63. The fraction of sp³-hybridized carbons (Fsp3) is 0.846. The first kappa shape index (κ1) is 11.9. The maximum atomic E-state index is 9.64. The lowest BCUT2D eigenvalue weighted by Crippen LogP contribution is -2.61. The van der Waals surface area contributed by atoms with Crippen LogP contribution in [0.5, 0.6) is 0 Å². The van der Waals surface area contributed by atoms with Crippen LogP contribution < -0.4 is 5.32 Å². The van der Waals surface area contributed by atoms with Crippen LogP contribution >= 0.6 is 0 Å². The summed E-state index contributed by atoms with van der Waals surface area (Å²) in [6, 6.07) is 0.763. The van der Waals surface area contributed by atoms with E-state index >= 15 is 0 Å². The molecule has 0 saturated carbocycles. The third kappa shape index (κ3) is 2.98. The van der Waals surface area contributed by atoms with Crippen molar-refractivity contribution in [1.29, 1.82) is 0 Å². The summed E-state index contributed by atoms with van der Waals surface area (Å²) in [6.45, 7) is 5.41. The molecule has 3 atom stereocenters. The monoisotopic (exact) mass is 222 g/mol. The van der Waals surface area contributed by atoms with Crippen molar-refractivity contribution in [2.45, 2.75) is 50.8 Å². The van der Waals surface area contributed by atoms with Crippen LogP contribution in [0, 0.1) is 11.8 Å². The number of aliphatic hydroxyl groups excluding tert-OH is 1. The van der Waals surface area contributed by atoms with E-state index in [4.69, 9.17) is 0 Å². The predicted octanol–water partition coefficient (Wildman–Crippen LogP) is 0.587. The Morgan fingerprint density at radius 3 is 2.69 bits per heavy atom. The number of aliphatic hydroxyl groups is 1. The molecule has 0 aromatic heterocycles. The molecule has 16 heavy (non-hydrogen) atoms. The molecule has 2 fully saturated rings. The minimum Gasteiger partial charge on any atom is -0.379 e. The van der Waals surface area contributed by atoms with E-state index in [0.717, 1.165) is 13.0 Å². The van der Waals surface area contributed by atoms with Crippen molar-refractivity contribution in [3.8, 4) is 11.8 Å². The van der Waals surface area contributed by atoms with Gasteiger partial charge in [-0.3, -0.25) is 0 Å². The molecule has 2 N–H and O–H groups in total. The lowest BCUT2D eigenvalue weighted by atomic mass is 9.92. The Kier molecular flexibility index (Phi) is 4.22. The highest BCUT2D eigenvalue weighted by Gasteiger charge is 2.33. The van der Waals surface area contributed by atoms with E-state index in [2.05, 4.69) is 22.1 Å². The van der Waals surface area contributed by atoms with Gasteiger partial charge >= 0.3 is 0 Å². The summed E-state index contributed by atoms with van der Waals surface area (Å²) < 4.78 is 0. The standard InChI is InChI=1S/C13H22N2O/c1-2-6-13(16)12-9-11(14-12)10-15-7-4-3-5-8-15/h11-14,16H,3-5,7-10H2,1H3/t11-,12+,13?/m1/s1. The van der Waals surface area contributed by atoms with E-state index in [1.54, 1.807) is 6.92 Å². The van der Waals surface area contributed by atoms with E-state index in [9.17, 15) is 5.11 Å². The molecule has 1 unspecified atom stereocenters. The summed E-state index contributed by atoms with van der Waals surface area (Å²) in [5.74, 6) is 5.56. The van der Waals surface area contributed by atoms with Crippen LogP contribution in [0.15, 0.2) is 0 Å². The quantitative estimate of drug-likeness (QED) is 0.686. The van der Waals surface area contributed by atoms with Crippen LogP contribution in [-0.2, 0) is 0 Å². The number of nitrogens with one attached hydrogen (secondary N) is 1. The van der Waals surface area contributed by atoms with Gasteiger partial charge in [0.15, 0.2) is 0 Å². The van der Waals surface area contributed by atoms with Gasteiger partial charge in [0.25, 0.3) is 0 Å². The summed E-state index contributed by atoms with van der Waals surface area (Å²) in [4.78, 5) is 2.54. The second-order valence-corrected chi connectivity index (χ2v) is 4.91. The smallest absolute Gasteiger partial charge is 0.130 e. The van der Waals surface area contributed by atoms with Gasteiger partial charge in [-0.25, -0.2) is 0 Å². The van der Waals surface area contributed by atoms with Gasteiger partial charge < -0.3 is 15.3 Å². The molecule has 0 aliphatic carbocycles. The molecule has 2 heterocycles. The molecule has 0 amide bonds. The van der Waals surface area contributed by atoms with Crippen molar-refractivity contribution >= 4 is 0 Å². The van der Waals surface area contributed by atoms with Crippen LogP contribution in [0.25, 0.3) is 0 Å². The maximum Gasteiger partial charge on any atom is 0.130 e. The SMILES string of the molecule is CC#CC(O)[C@@H]1C[C@H](CN2CCCCC2)N1. The normalized spacial score (nSPS) is 32.4. The maximum absolute atomic E-state index is 9.64. The molecule has 0 spiro atoms. The van der Waals surface area contributed by atoms with Gasteiger partial charge in [0.2, 0.25) is 0 Å². The number of likely N-dealkylation sites (tertiary alicyclic amines) is 1. The van der Waals surface area contributed by atoms with Crippen molar-refractivity contribution < 1.29 is 5.11 Å². The summed E-state index contributed by atoms with van der Waals surface area (Å²) in [5.41, 5.74) is 0. The van der Waals surface area contributed by atoms with Gasteiger partial charge in [-0.2, -0.15) is 0 Å². The average Bonchev–Trinajstić information content (AvgIpc) is 2.24. The summed E-state index contributed by atoms with van der Waals surface area (Å²) in [5, 5.41) is 13.1. The zero-order valence-corrected chi connectivity index (χ0v) is 10.1. The van der Waals surface area contributed by atoms with E-state index < -0.39 is 6.10 Å². The average molecular weight is 222 g/mol. The van der Waals surface area contributed by atoms with Crippen molar-refractivity contribution in [1.82, 2.24) is 10.2 Å². The molecule has 90 valence electrons. The van der Waals surface area contributed by atoms with E-state index in [1.807, 2.05) is 0 Å². The molecule has 2 rings (SSSR count). The Balaban J connectivity index is 1.65. The fourth-order valence-corrected chi connectivity index (χ4v) is 2.63. The Morgan fingerprint density at radius 2 is 2.06 bits per heavy atom. The highest BCUT2D eigenvalue weighted by molar-refractivity contribution is 5.10. The molecule has 2 saturated heterocycles. The zero-order chi connectivity index (χ0) is 11.4. The molecule has 2 aliphatic heterocycles. The summed E-state index contributed by atoms with van der Waals surface area (Å²) in [6.07, 6.45) is 4.66. The Bertz CT molecular complexity index is 269. The number of hydrogen-bond acceptors (Lipinski definition) is 3. The Labute approximate surface area is 98.2 Å². The zero-order valence-electron chi connectivity index (χ0n) is 10.1. The second kappa shape index (κ2) is 5.67. The molecular formula is C13H22N2O. The van der Waals surface area contributed by atoms with Crippen LogP contribution in [0.3, 0.4) is 0 Å². The third-order valence-corrected chi connectivity index (χ3v) is 3.59. The number of nitrogens with zero attached hydrogens (tertiary/aromatic N) is 1. The predicted molar refractivity (Wildman–Crippen MR) is 65.1 cm³/mol. The van der Waals surface area contributed by atoms with Gasteiger partial charge in [0.1, 0.15) is 6.10 Å². The molecule has 0 aromatic carbocycles. The van der Waals surface area contributed by atoms with Crippen molar-refractivity contribution in [3.63, 3.8) is 0 Å². The minimum atomic E-state index is -0.484. The molecular weight excluding hydrogens is 200 g/mol. The molecule has 0 bridgehead atoms. The van der Waals surface area contributed by atoms with Crippen LogP contribution in [0.1, 0.15) is 32.6 Å². The molecule has 3 heteroatoms. The minimum absolute atomic E-state index is 0.197. The lowest BCUT2D eigenvalue weighted by Gasteiger charge is -2.42. The topological polar surface area (TPSA) is 35.5 Å². The summed E-state index contributed by atoms with van der Waals surface area (Å²) in [7, 11) is 0. The molecule has 2 aliphatic rings. The first-order valence-corrected chi connectivity index (χ1v) is 6.38. The lowest BCUT2D eigenvalue weighted by molar-refractivity contribution is 0.0860. The molecule has 0 aromatic rings. The van der Waals surface area contributed by atoms with Gasteiger partial charge in [0, 0.05) is 18.6 Å². The molecule has 3 nitrogen and oxygen atoms in total.